The molecule has 0 unspecified atom stereocenters. The topological polar surface area (TPSA) is 55.1 Å². The van der Waals surface area contributed by atoms with E-state index in [-0.39, 0.29) is 5.78 Å². The van der Waals surface area contributed by atoms with Crippen molar-refractivity contribution < 1.29 is 4.79 Å². The fourth-order valence-corrected chi connectivity index (χ4v) is 0.925. The van der Waals surface area contributed by atoms with Crippen LogP contribution in [0.25, 0.3) is 0 Å². The molecule has 0 amide bonds. The van der Waals surface area contributed by atoms with Gasteiger partial charge in [-0.15, -0.1) is 0 Å². The first-order chi connectivity index (χ1) is 5.04. The minimum atomic E-state index is -0.409. The second-order valence-electron chi connectivity index (χ2n) is 3.12. The SMILES string of the molecule is CCC(=O)C(C)(C)NCCN. The molecule has 0 spiro atoms. The average Bonchev–Trinajstić information content (AvgIpc) is 1.99. The van der Waals surface area contributed by atoms with E-state index in [9.17, 15) is 4.79 Å². The van der Waals surface area contributed by atoms with E-state index in [0.717, 1.165) is 0 Å². The molecule has 0 aliphatic rings. The molecule has 0 atom stereocenters. The van der Waals surface area contributed by atoms with Gasteiger partial charge in [-0.25, -0.2) is 0 Å². The van der Waals surface area contributed by atoms with Crippen LogP contribution in [0.1, 0.15) is 27.2 Å². The molecule has 66 valence electrons. The van der Waals surface area contributed by atoms with Gasteiger partial charge in [-0.05, 0) is 13.8 Å². The average molecular weight is 158 g/mol. The molecule has 11 heavy (non-hydrogen) atoms. The highest BCUT2D eigenvalue weighted by Crippen LogP contribution is 2.05. The Hall–Kier alpha value is -0.410. The maximum absolute atomic E-state index is 11.2. The summed E-state index contributed by atoms with van der Waals surface area (Å²) in [5.74, 6) is 0.228. The minimum absolute atomic E-state index is 0.228. The van der Waals surface area contributed by atoms with Crippen LogP contribution in [0.15, 0.2) is 0 Å². The molecule has 0 saturated carbocycles. The van der Waals surface area contributed by atoms with E-state index in [0.29, 0.717) is 19.5 Å². The van der Waals surface area contributed by atoms with Crippen molar-refractivity contribution in [1.29, 1.82) is 0 Å². The number of carbonyl (C=O) groups excluding carboxylic acids is 1. The monoisotopic (exact) mass is 158 g/mol. The molecule has 0 aromatic heterocycles. The van der Waals surface area contributed by atoms with E-state index in [1.54, 1.807) is 0 Å². The first-order valence-corrected chi connectivity index (χ1v) is 4.03. The van der Waals surface area contributed by atoms with Crippen molar-refractivity contribution in [3.63, 3.8) is 0 Å². The van der Waals surface area contributed by atoms with E-state index < -0.39 is 5.54 Å². The number of rotatable bonds is 5. The molecule has 0 saturated heterocycles. The van der Waals surface area contributed by atoms with Gasteiger partial charge in [-0.1, -0.05) is 6.92 Å². The predicted octanol–water partition coefficient (Wildman–Crippen LogP) is 0.292. The Balaban J connectivity index is 3.88. The molecular weight excluding hydrogens is 140 g/mol. The molecular formula is C8H18N2O. The Morgan fingerprint density at radius 2 is 2.09 bits per heavy atom. The molecule has 0 aliphatic heterocycles. The van der Waals surface area contributed by atoms with Crippen molar-refractivity contribution in [3.8, 4) is 0 Å². The number of Topliss-reactive ketones (excluding diaryl/α,β-unsaturated/α-hetero) is 1. The molecule has 3 N–H and O–H groups in total. The Morgan fingerprint density at radius 1 is 1.55 bits per heavy atom. The normalized spacial score (nSPS) is 11.6. The largest absolute Gasteiger partial charge is 0.329 e. The molecule has 3 heteroatoms. The van der Waals surface area contributed by atoms with Gasteiger partial charge in [0.15, 0.2) is 5.78 Å². The van der Waals surface area contributed by atoms with E-state index in [1.807, 2.05) is 20.8 Å². The van der Waals surface area contributed by atoms with Crippen LogP contribution in [0.5, 0.6) is 0 Å². The highest BCUT2D eigenvalue weighted by molar-refractivity contribution is 5.87. The van der Waals surface area contributed by atoms with Crippen LogP contribution in [0, 0.1) is 0 Å². The number of hydrogen-bond donors (Lipinski definition) is 2. The summed E-state index contributed by atoms with van der Waals surface area (Å²) in [6, 6.07) is 0. The quantitative estimate of drug-likeness (QED) is 0.604. The summed E-state index contributed by atoms with van der Waals surface area (Å²) in [7, 11) is 0. The van der Waals surface area contributed by atoms with Crippen molar-refractivity contribution in [2.24, 2.45) is 5.73 Å². The van der Waals surface area contributed by atoms with E-state index >= 15 is 0 Å². The number of carbonyl (C=O) groups is 1. The lowest BCUT2D eigenvalue weighted by atomic mass is 9.97. The zero-order valence-electron chi connectivity index (χ0n) is 7.61. The van der Waals surface area contributed by atoms with Gasteiger partial charge in [-0.3, -0.25) is 4.79 Å². The zero-order chi connectivity index (χ0) is 8.91. The number of nitrogens with two attached hydrogens (primary N) is 1. The third-order valence-corrected chi connectivity index (χ3v) is 1.73. The molecule has 0 radical (unpaired) electrons. The van der Waals surface area contributed by atoms with Gasteiger partial charge >= 0.3 is 0 Å². The Morgan fingerprint density at radius 3 is 2.45 bits per heavy atom. The Labute approximate surface area is 68.3 Å². The Kier molecular flexibility index (Phi) is 4.30. The Bertz CT molecular complexity index is 132. The summed E-state index contributed by atoms with van der Waals surface area (Å²) in [4.78, 5) is 11.2. The fraction of sp³-hybridized carbons (Fsp3) is 0.875. The van der Waals surface area contributed by atoms with Crippen LogP contribution in [-0.4, -0.2) is 24.4 Å². The first kappa shape index (κ1) is 10.6. The smallest absolute Gasteiger partial charge is 0.152 e. The molecule has 0 rings (SSSR count). The van der Waals surface area contributed by atoms with Crippen LogP contribution >= 0.6 is 0 Å². The lowest BCUT2D eigenvalue weighted by Gasteiger charge is -2.23. The van der Waals surface area contributed by atoms with Gasteiger partial charge in [0.05, 0.1) is 5.54 Å². The molecule has 0 aliphatic carbocycles. The van der Waals surface area contributed by atoms with Gasteiger partial charge in [0.2, 0.25) is 0 Å². The highest BCUT2D eigenvalue weighted by atomic mass is 16.1. The van der Waals surface area contributed by atoms with Gasteiger partial charge in [0.25, 0.3) is 0 Å². The van der Waals surface area contributed by atoms with E-state index in [2.05, 4.69) is 5.32 Å². The van der Waals surface area contributed by atoms with Gasteiger partial charge in [0, 0.05) is 19.5 Å². The summed E-state index contributed by atoms with van der Waals surface area (Å²) in [6.45, 7) is 6.90. The van der Waals surface area contributed by atoms with Crippen molar-refractivity contribution in [1.82, 2.24) is 5.32 Å². The van der Waals surface area contributed by atoms with Crippen LogP contribution in [0.3, 0.4) is 0 Å². The second kappa shape index (κ2) is 4.46. The van der Waals surface area contributed by atoms with Crippen LogP contribution in [0.4, 0.5) is 0 Å². The van der Waals surface area contributed by atoms with Crippen LogP contribution < -0.4 is 11.1 Å². The van der Waals surface area contributed by atoms with Crippen molar-refractivity contribution in [3.05, 3.63) is 0 Å². The highest BCUT2D eigenvalue weighted by Gasteiger charge is 2.23. The maximum atomic E-state index is 11.2. The number of hydrogen-bond acceptors (Lipinski definition) is 3. The zero-order valence-corrected chi connectivity index (χ0v) is 7.61. The molecule has 0 aromatic rings. The van der Waals surface area contributed by atoms with Crippen molar-refractivity contribution >= 4 is 5.78 Å². The number of nitrogens with one attached hydrogen (secondary N) is 1. The van der Waals surface area contributed by atoms with Gasteiger partial charge in [0.1, 0.15) is 0 Å². The molecule has 0 aromatic carbocycles. The van der Waals surface area contributed by atoms with Gasteiger partial charge < -0.3 is 11.1 Å². The third-order valence-electron chi connectivity index (χ3n) is 1.73. The van der Waals surface area contributed by atoms with E-state index in [1.165, 1.54) is 0 Å². The minimum Gasteiger partial charge on any atom is -0.329 e. The van der Waals surface area contributed by atoms with Crippen molar-refractivity contribution in [2.75, 3.05) is 13.1 Å². The molecule has 3 nitrogen and oxygen atoms in total. The van der Waals surface area contributed by atoms with Crippen molar-refractivity contribution in [2.45, 2.75) is 32.7 Å². The molecule has 0 bridgehead atoms. The summed E-state index contributed by atoms with van der Waals surface area (Å²) in [5.41, 5.74) is 4.89. The first-order valence-electron chi connectivity index (χ1n) is 4.03. The maximum Gasteiger partial charge on any atom is 0.152 e. The molecule has 0 heterocycles. The predicted molar refractivity (Wildman–Crippen MR) is 46.4 cm³/mol. The summed E-state index contributed by atoms with van der Waals surface area (Å²) in [5, 5.41) is 3.08. The van der Waals surface area contributed by atoms with Crippen LogP contribution in [0.2, 0.25) is 0 Å². The molecule has 0 fully saturated rings. The number of ketones is 1. The lowest BCUT2D eigenvalue weighted by molar-refractivity contribution is -0.123. The third kappa shape index (κ3) is 3.49. The van der Waals surface area contributed by atoms with Gasteiger partial charge in [-0.2, -0.15) is 0 Å². The standard InChI is InChI=1S/C8H18N2O/c1-4-7(11)8(2,3)10-6-5-9/h10H,4-6,9H2,1-3H3. The lowest BCUT2D eigenvalue weighted by Crippen LogP contribution is -2.48. The van der Waals surface area contributed by atoms with E-state index in [4.69, 9.17) is 5.73 Å². The van der Waals surface area contributed by atoms with Crippen LogP contribution in [-0.2, 0) is 4.79 Å². The summed E-state index contributed by atoms with van der Waals surface area (Å²) >= 11 is 0. The second-order valence-corrected chi connectivity index (χ2v) is 3.12. The fourth-order valence-electron chi connectivity index (χ4n) is 0.925. The summed E-state index contributed by atoms with van der Waals surface area (Å²) < 4.78 is 0. The summed E-state index contributed by atoms with van der Waals surface area (Å²) in [6.07, 6.45) is 0.574.